The molecule has 0 radical (unpaired) electrons. The van der Waals surface area contributed by atoms with Crippen molar-refractivity contribution in [2.24, 2.45) is 0 Å². The second-order valence-corrected chi connectivity index (χ2v) is 7.65. The van der Waals surface area contributed by atoms with Gasteiger partial charge in [0.2, 0.25) is 5.89 Å². The maximum atomic E-state index is 13.2. The van der Waals surface area contributed by atoms with Crippen LogP contribution in [0.2, 0.25) is 0 Å². The Hall–Kier alpha value is -3.36. The van der Waals surface area contributed by atoms with Crippen LogP contribution in [0.15, 0.2) is 28.8 Å². The summed E-state index contributed by atoms with van der Waals surface area (Å²) in [5, 5.41) is 11.3. The summed E-state index contributed by atoms with van der Waals surface area (Å²) in [6.45, 7) is 0.640. The van der Waals surface area contributed by atoms with Crippen molar-refractivity contribution in [1.29, 1.82) is 0 Å². The number of ether oxygens (including phenoxy) is 2. The van der Waals surface area contributed by atoms with E-state index in [1.54, 1.807) is 25.2 Å². The molecule has 9 nitrogen and oxygen atoms in total. The fourth-order valence-corrected chi connectivity index (χ4v) is 3.89. The monoisotopic (exact) mass is 409 g/mol. The number of amides is 1. The number of carbonyl (C=O) groups is 1. The van der Waals surface area contributed by atoms with Gasteiger partial charge < -0.3 is 18.9 Å². The lowest BCUT2D eigenvalue weighted by Crippen LogP contribution is -2.31. The molecule has 1 aliphatic carbocycles. The number of likely N-dealkylation sites (tertiary alicyclic amines) is 1. The van der Waals surface area contributed by atoms with E-state index in [2.05, 4.69) is 20.3 Å². The molecule has 5 rings (SSSR count). The molecule has 30 heavy (non-hydrogen) atoms. The molecule has 1 atom stereocenters. The van der Waals surface area contributed by atoms with Gasteiger partial charge in [0, 0.05) is 18.0 Å². The fraction of sp³-hybridized carbons (Fsp3) is 0.429. The van der Waals surface area contributed by atoms with Gasteiger partial charge in [-0.25, -0.2) is 0 Å². The van der Waals surface area contributed by atoms with E-state index >= 15 is 0 Å². The van der Waals surface area contributed by atoms with E-state index in [1.807, 2.05) is 18.2 Å². The zero-order valence-corrected chi connectivity index (χ0v) is 16.9. The van der Waals surface area contributed by atoms with Crippen molar-refractivity contribution >= 4 is 5.91 Å². The van der Waals surface area contributed by atoms with Crippen LogP contribution in [0.1, 0.15) is 59.8 Å². The predicted molar refractivity (Wildman–Crippen MR) is 106 cm³/mol. The summed E-state index contributed by atoms with van der Waals surface area (Å²) < 4.78 is 16.2. The smallest absolute Gasteiger partial charge is 0.272 e. The summed E-state index contributed by atoms with van der Waals surface area (Å²) >= 11 is 0. The van der Waals surface area contributed by atoms with Crippen LogP contribution in [0.25, 0.3) is 11.3 Å². The molecule has 1 saturated carbocycles. The van der Waals surface area contributed by atoms with Crippen LogP contribution >= 0.6 is 0 Å². The number of carbonyl (C=O) groups excluding carboxylic acids is 1. The maximum Gasteiger partial charge on any atom is 0.272 e. The van der Waals surface area contributed by atoms with E-state index in [0.29, 0.717) is 41.2 Å². The second kappa shape index (κ2) is 7.47. The Bertz CT molecular complexity index is 1070. The van der Waals surface area contributed by atoms with Crippen LogP contribution in [0.4, 0.5) is 0 Å². The van der Waals surface area contributed by atoms with E-state index in [1.165, 1.54) is 0 Å². The van der Waals surface area contributed by atoms with Crippen molar-refractivity contribution in [3.8, 4) is 22.8 Å². The molecule has 1 aliphatic heterocycles. The van der Waals surface area contributed by atoms with Gasteiger partial charge in [0.15, 0.2) is 5.82 Å². The van der Waals surface area contributed by atoms with Crippen molar-refractivity contribution in [1.82, 2.24) is 25.2 Å². The zero-order valence-electron chi connectivity index (χ0n) is 16.9. The quantitative estimate of drug-likeness (QED) is 0.665. The second-order valence-electron chi connectivity index (χ2n) is 7.65. The van der Waals surface area contributed by atoms with Gasteiger partial charge in [0.1, 0.15) is 23.2 Å². The lowest BCUT2D eigenvalue weighted by molar-refractivity contribution is 0.0704. The largest absolute Gasteiger partial charge is 0.497 e. The van der Waals surface area contributed by atoms with Crippen LogP contribution in [-0.2, 0) is 0 Å². The zero-order chi connectivity index (χ0) is 20.7. The number of aromatic amines is 1. The van der Waals surface area contributed by atoms with Crippen LogP contribution in [0.5, 0.6) is 11.5 Å². The number of hydrogen-bond acceptors (Lipinski definition) is 7. The summed E-state index contributed by atoms with van der Waals surface area (Å²) in [6, 6.07) is 7.00. The predicted octanol–water partition coefficient (Wildman–Crippen LogP) is 3.33. The Morgan fingerprint density at radius 1 is 1.20 bits per heavy atom. The van der Waals surface area contributed by atoms with E-state index in [0.717, 1.165) is 37.1 Å². The van der Waals surface area contributed by atoms with Crippen molar-refractivity contribution in [2.75, 3.05) is 20.8 Å². The van der Waals surface area contributed by atoms with Gasteiger partial charge in [0.25, 0.3) is 5.91 Å². The highest BCUT2D eigenvalue weighted by molar-refractivity contribution is 5.94. The molecule has 2 aromatic heterocycles. The van der Waals surface area contributed by atoms with Crippen molar-refractivity contribution in [3.05, 3.63) is 41.7 Å². The lowest BCUT2D eigenvalue weighted by Gasteiger charge is -2.20. The van der Waals surface area contributed by atoms with Crippen molar-refractivity contribution in [3.63, 3.8) is 0 Å². The molecular weight excluding hydrogens is 386 g/mol. The Morgan fingerprint density at radius 3 is 2.83 bits per heavy atom. The number of H-pyrrole nitrogens is 1. The maximum absolute atomic E-state index is 13.2. The number of benzene rings is 1. The van der Waals surface area contributed by atoms with Gasteiger partial charge in [-0.05, 0) is 49.9 Å². The molecule has 9 heteroatoms. The van der Waals surface area contributed by atoms with Crippen LogP contribution in [-0.4, -0.2) is 51.9 Å². The number of aromatic nitrogens is 4. The molecule has 1 amide bonds. The lowest BCUT2D eigenvalue weighted by atomic mass is 10.1. The normalized spacial score (nSPS) is 18.6. The molecule has 0 spiro atoms. The third-order valence-electron chi connectivity index (χ3n) is 5.69. The Kier molecular flexibility index (Phi) is 4.65. The molecule has 1 unspecified atom stereocenters. The van der Waals surface area contributed by atoms with E-state index in [4.69, 9.17) is 14.0 Å². The summed E-state index contributed by atoms with van der Waals surface area (Å²) in [5.41, 5.74) is 1.76. The fourth-order valence-electron chi connectivity index (χ4n) is 3.89. The molecule has 2 aliphatic rings. The SMILES string of the molecule is COc1ccc(OC)c(-c2cc(C(=O)N3CCCC3c3nc(C4CC4)no3)[nH]n2)c1. The molecule has 0 bridgehead atoms. The molecular formula is C21H23N5O4. The molecule has 1 saturated heterocycles. The summed E-state index contributed by atoms with van der Waals surface area (Å²) in [4.78, 5) is 19.5. The van der Waals surface area contributed by atoms with Gasteiger partial charge in [-0.1, -0.05) is 5.16 Å². The minimum absolute atomic E-state index is 0.135. The standard InChI is InChI=1S/C21H23N5O4/c1-28-13-7-8-18(29-2)14(10-13)15-11-16(24-23-15)21(27)26-9-3-4-17(26)20-22-19(25-30-20)12-5-6-12/h7-8,10-12,17H,3-6,9H2,1-2H3,(H,23,24). The highest BCUT2D eigenvalue weighted by Crippen LogP contribution is 2.40. The molecule has 2 fully saturated rings. The first-order valence-corrected chi connectivity index (χ1v) is 10.1. The van der Waals surface area contributed by atoms with Crippen LogP contribution < -0.4 is 9.47 Å². The summed E-state index contributed by atoms with van der Waals surface area (Å²) in [7, 11) is 3.20. The molecule has 3 aromatic rings. The van der Waals surface area contributed by atoms with E-state index in [9.17, 15) is 4.79 Å². The van der Waals surface area contributed by atoms with E-state index in [-0.39, 0.29) is 11.9 Å². The van der Waals surface area contributed by atoms with Gasteiger partial charge in [0.05, 0.1) is 19.9 Å². The average Bonchev–Trinajstić information content (AvgIpc) is 3.19. The molecule has 1 aromatic carbocycles. The molecule has 1 N–H and O–H groups in total. The summed E-state index contributed by atoms with van der Waals surface area (Å²) in [5.74, 6) is 2.91. The van der Waals surface area contributed by atoms with E-state index < -0.39 is 0 Å². The third-order valence-corrected chi connectivity index (χ3v) is 5.69. The first-order valence-electron chi connectivity index (χ1n) is 10.1. The number of methoxy groups -OCH3 is 2. The van der Waals surface area contributed by atoms with Crippen molar-refractivity contribution < 1.29 is 18.8 Å². The number of rotatable bonds is 6. The topological polar surface area (TPSA) is 106 Å². The van der Waals surface area contributed by atoms with Crippen LogP contribution in [0.3, 0.4) is 0 Å². The highest BCUT2D eigenvalue weighted by atomic mass is 16.5. The number of hydrogen-bond donors (Lipinski definition) is 1. The third kappa shape index (κ3) is 3.30. The number of nitrogens with zero attached hydrogens (tertiary/aromatic N) is 4. The highest BCUT2D eigenvalue weighted by Gasteiger charge is 2.37. The minimum atomic E-state index is -0.199. The first-order chi connectivity index (χ1) is 14.7. The Morgan fingerprint density at radius 2 is 2.07 bits per heavy atom. The van der Waals surface area contributed by atoms with Gasteiger partial charge in [-0.3, -0.25) is 9.89 Å². The summed E-state index contributed by atoms with van der Waals surface area (Å²) in [6.07, 6.45) is 3.92. The van der Waals surface area contributed by atoms with Gasteiger partial charge in [-0.2, -0.15) is 10.1 Å². The average molecular weight is 409 g/mol. The first kappa shape index (κ1) is 18.7. The van der Waals surface area contributed by atoms with Gasteiger partial charge >= 0.3 is 0 Å². The molecule has 156 valence electrons. The Balaban J connectivity index is 1.39. The van der Waals surface area contributed by atoms with Gasteiger partial charge in [-0.15, -0.1) is 0 Å². The van der Waals surface area contributed by atoms with Crippen LogP contribution in [0, 0.1) is 0 Å². The minimum Gasteiger partial charge on any atom is -0.497 e. The Labute approximate surface area is 173 Å². The molecule has 3 heterocycles. The number of nitrogens with one attached hydrogen (secondary N) is 1. The van der Waals surface area contributed by atoms with Crippen molar-refractivity contribution in [2.45, 2.75) is 37.6 Å².